The highest BCUT2D eigenvalue weighted by molar-refractivity contribution is 5.87. The SMILES string of the molecule is CCC(C)C1Nc2c(CCCNC)nc(-c3ccc4ccccc4c3)c[n+]2C1=O. The Balaban J connectivity index is 1.78. The van der Waals surface area contributed by atoms with Crippen LogP contribution in [0, 0.1) is 5.92 Å². The first-order valence-corrected chi connectivity index (χ1v) is 10.5. The molecule has 0 aliphatic carbocycles. The van der Waals surface area contributed by atoms with Crippen molar-refractivity contribution >= 4 is 22.5 Å². The van der Waals surface area contributed by atoms with E-state index in [4.69, 9.17) is 4.98 Å². The third kappa shape index (κ3) is 3.75. The van der Waals surface area contributed by atoms with Crippen molar-refractivity contribution in [2.24, 2.45) is 5.92 Å². The quantitative estimate of drug-likeness (QED) is 0.476. The largest absolute Gasteiger partial charge is 0.359 e. The van der Waals surface area contributed by atoms with E-state index >= 15 is 0 Å². The van der Waals surface area contributed by atoms with Gasteiger partial charge < -0.3 is 5.32 Å². The van der Waals surface area contributed by atoms with Gasteiger partial charge in [0.1, 0.15) is 17.6 Å². The monoisotopic (exact) mass is 389 g/mol. The summed E-state index contributed by atoms with van der Waals surface area (Å²) in [7, 11) is 1.96. The molecule has 150 valence electrons. The Bertz CT molecular complexity index is 1050. The fraction of sp³-hybridized carbons (Fsp3) is 0.375. The van der Waals surface area contributed by atoms with Crippen LogP contribution in [-0.4, -0.2) is 30.5 Å². The molecule has 0 saturated carbocycles. The van der Waals surface area contributed by atoms with E-state index in [-0.39, 0.29) is 17.9 Å². The van der Waals surface area contributed by atoms with Gasteiger partial charge in [0.05, 0.1) is 0 Å². The topological polar surface area (TPSA) is 57.9 Å². The molecule has 0 saturated heterocycles. The van der Waals surface area contributed by atoms with Crippen molar-refractivity contribution < 1.29 is 9.36 Å². The molecule has 4 rings (SSSR count). The molecule has 3 aromatic rings. The van der Waals surface area contributed by atoms with E-state index in [1.807, 2.05) is 25.4 Å². The molecule has 29 heavy (non-hydrogen) atoms. The first-order valence-electron chi connectivity index (χ1n) is 10.5. The number of benzene rings is 2. The Morgan fingerprint density at radius 2 is 2.00 bits per heavy atom. The zero-order valence-corrected chi connectivity index (χ0v) is 17.4. The number of aromatic nitrogens is 2. The van der Waals surface area contributed by atoms with E-state index < -0.39 is 0 Å². The Morgan fingerprint density at radius 1 is 1.21 bits per heavy atom. The van der Waals surface area contributed by atoms with Gasteiger partial charge in [-0.05, 0) is 49.7 Å². The number of rotatable bonds is 7. The van der Waals surface area contributed by atoms with Crippen LogP contribution in [0.25, 0.3) is 22.0 Å². The van der Waals surface area contributed by atoms with Crippen molar-refractivity contribution in [3.8, 4) is 11.3 Å². The summed E-state index contributed by atoms with van der Waals surface area (Å²) in [6, 6.07) is 14.5. The summed E-state index contributed by atoms with van der Waals surface area (Å²) < 4.78 is 1.79. The number of anilines is 1. The van der Waals surface area contributed by atoms with Gasteiger partial charge in [-0.1, -0.05) is 50.2 Å². The lowest BCUT2D eigenvalue weighted by Crippen LogP contribution is -2.45. The Kier molecular flexibility index (Phi) is 5.58. The molecule has 2 unspecified atom stereocenters. The number of hydrogen-bond acceptors (Lipinski definition) is 4. The van der Waals surface area contributed by atoms with Gasteiger partial charge in [-0.3, -0.25) is 5.32 Å². The van der Waals surface area contributed by atoms with Crippen LogP contribution in [-0.2, 0) is 6.42 Å². The minimum atomic E-state index is -0.184. The van der Waals surface area contributed by atoms with E-state index in [0.717, 1.165) is 48.6 Å². The molecule has 2 atom stereocenters. The molecule has 0 fully saturated rings. The molecule has 0 spiro atoms. The molecule has 0 radical (unpaired) electrons. The second kappa shape index (κ2) is 8.29. The Morgan fingerprint density at radius 3 is 2.76 bits per heavy atom. The van der Waals surface area contributed by atoms with E-state index in [1.54, 1.807) is 4.57 Å². The third-order valence-corrected chi connectivity index (χ3v) is 5.92. The van der Waals surface area contributed by atoms with Crippen LogP contribution in [0.3, 0.4) is 0 Å². The van der Waals surface area contributed by atoms with Gasteiger partial charge in [-0.15, -0.1) is 0 Å². The first kappa shape index (κ1) is 19.5. The van der Waals surface area contributed by atoms with Gasteiger partial charge in [-0.2, -0.15) is 4.57 Å². The maximum absolute atomic E-state index is 13.1. The van der Waals surface area contributed by atoms with Crippen molar-refractivity contribution in [1.82, 2.24) is 10.3 Å². The molecule has 0 amide bonds. The van der Waals surface area contributed by atoms with Crippen molar-refractivity contribution in [1.29, 1.82) is 0 Å². The van der Waals surface area contributed by atoms with Crippen LogP contribution in [0.5, 0.6) is 0 Å². The number of nitrogens with zero attached hydrogens (tertiary/aromatic N) is 2. The van der Waals surface area contributed by atoms with Crippen molar-refractivity contribution in [2.75, 3.05) is 18.9 Å². The number of aryl methyl sites for hydroxylation is 1. The second-order valence-corrected chi connectivity index (χ2v) is 7.91. The average molecular weight is 390 g/mol. The second-order valence-electron chi connectivity index (χ2n) is 7.91. The molecular weight excluding hydrogens is 360 g/mol. The molecule has 2 N–H and O–H groups in total. The molecule has 1 aliphatic rings. The summed E-state index contributed by atoms with van der Waals surface area (Å²) in [6.07, 6.45) is 4.66. The maximum Gasteiger partial charge on any atom is 0.359 e. The van der Waals surface area contributed by atoms with Gasteiger partial charge in [0.25, 0.3) is 0 Å². The third-order valence-electron chi connectivity index (χ3n) is 5.92. The highest BCUT2D eigenvalue weighted by Crippen LogP contribution is 2.27. The normalized spacial score (nSPS) is 16.7. The van der Waals surface area contributed by atoms with Crippen LogP contribution in [0.15, 0.2) is 48.7 Å². The molecule has 5 nitrogen and oxygen atoms in total. The minimum absolute atomic E-state index is 0.119. The standard InChI is InChI=1S/C24H28N4O/c1-4-16(2)22-24(29)28-15-21(26-20(23(28)27-22)10-7-13-25-3)19-12-11-17-8-5-6-9-18(17)14-19/h5-6,8-9,11-12,14-16,22,25H,4,7,10,13H2,1-3H3/p+1. The number of nitrogens with one attached hydrogen (secondary N) is 2. The summed E-state index contributed by atoms with van der Waals surface area (Å²) >= 11 is 0. The van der Waals surface area contributed by atoms with Crippen LogP contribution in [0.2, 0.25) is 0 Å². The van der Waals surface area contributed by atoms with Crippen molar-refractivity contribution in [3.63, 3.8) is 0 Å². The molecular formula is C24H29N4O+. The van der Waals surface area contributed by atoms with Gasteiger partial charge in [0.2, 0.25) is 0 Å². The molecule has 5 heteroatoms. The average Bonchev–Trinajstić information content (AvgIpc) is 3.09. The first-order chi connectivity index (χ1) is 14.1. The number of hydrogen-bond donors (Lipinski definition) is 2. The summed E-state index contributed by atoms with van der Waals surface area (Å²) in [6.45, 7) is 5.17. The fourth-order valence-corrected chi connectivity index (χ4v) is 3.95. The van der Waals surface area contributed by atoms with Crippen LogP contribution < -0.4 is 15.2 Å². The zero-order valence-electron chi connectivity index (χ0n) is 17.4. The van der Waals surface area contributed by atoms with Crippen LogP contribution >= 0.6 is 0 Å². The van der Waals surface area contributed by atoms with Gasteiger partial charge in [0.15, 0.2) is 6.04 Å². The van der Waals surface area contributed by atoms with E-state index in [0.29, 0.717) is 0 Å². The Labute approximate surface area is 172 Å². The summed E-state index contributed by atoms with van der Waals surface area (Å²) in [5, 5.41) is 9.04. The predicted octanol–water partition coefficient (Wildman–Crippen LogP) is 3.82. The zero-order chi connectivity index (χ0) is 20.4. The van der Waals surface area contributed by atoms with Crippen LogP contribution in [0.4, 0.5) is 5.82 Å². The van der Waals surface area contributed by atoms with Gasteiger partial charge >= 0.3 is 11.7 Å². The highest BCUT2D eigenvalue weighted by Gasteiger charge is 2.43. The maximum atomic E-state index is 13.1. The summed E-state index contributed by atoms with van der Waals surface area (Å²) in [5.74, 6) is 1.26. The molecule has 2 aromatic carbocycles. The summed E-state index contributed by atoms with van der Waals surface area (Å²) in [4.78, 5) is 18.1. The Hall–Kier alpha value is -2.79. The lowest BCUT2D eigenvalue weighted by molar-refractivity contribution is -0.553. The predicted molar refractivity (Wildman–Crippen MR) is 117 cm³/mol. The van der Waals surface area contributed by atoms with Crippen LogP contribution in [0.1, 0.15) is 37.2 Å². The van der Waals surface area contributed by atoms with Crippen molar-refractivity contribution in [3.05, 3.63) is 54.4 Å². The molecule has 2 heterocycles. The van der Waals surface area contributed by atoms with Crippen molar-refractivity contribution in [2.45, 2.75) is 39.2 Å². The number of fused-ring (bicyclic) bond motifs is 2. The van der Waals surface area contributed by atoms with E-state index in [2.05, 4.69) is 54.8 Å². The smallest absolute Gasteiger partial charge is 0.320 e. The fourth-order valence-electron chi connectivity index (χ4n) is 3.95. The summed E-state index contributed by atoms with van der Waals surface area (Å²) in [5.41, 5.74) is 2.85. The minimum Gasteiger partial charge on any atom is -0.320 e. The van der Waals surface area contributed by atoms with E-state index in [1.165, 1.54) is 10.8 Å². The molecule has 1 aliphatic heterocycles. The number of carbonyl (C=O) groups excluding carboxylic acids is 1. The van der Waals surface area contributed by atoms with Gasteiger partial charge in [0, 0.05) is 11.5 Å². The van der Waals surface area contributed by atoms with Gasteiger partial charge in [-0.25, -0.2) is 9.78 Å². The highest BCUT2D eigenvalue weighted by atomic mass is 16.2. The number of carbonyl (C=O) groups is 1. The van der Waals surface area contributed by atoms with E-state index in [9.17, 15) is 4.79 Å². The lowest BCUT2D eigenvalue weighted by atomic mass is 9.99. The molecule has 0 bridgehead atoms. The lowest BCUT2D eigenvalue weighted by Gasteiger charge is -2.09. The molecule has 1 aromatic heterocycles.